The van der Waals surface area contributed by atoms with Crippen LogP contribution in [0.2, 0.25) is 0 Å². The molecule has 10 rings (SSSR count). The summed E-state index contributed by atoms with van der Waals surface area (Å²) < 4.78 is 0. The number of benzene rings is 8. The molecule has 1 aliphatic rings. The van der Waals surface area contributed by atoms with Crippen molar-refractivity contribution in [1.82, 2.24) is 9.97 Å². The van der Waals surface area contributed by atoms with Crippen LogP contribution in [0, 0.1) is 0 Å². The molecule has 266 valence electrons. The number of rotatable bonds is 7. The van der Waals surface area contributed by atoms with Gasteiger partial charge in [-0.05, 0) is 83.9 Å². The molecule has 0 radical (unpaired) electrons. The summed E-state index contributed by atoms with van der Waals surface area (Å²) in [7, 11) is -1.94. The molecule has 9 aromatic rings. The molecule has 1 aliphatic heterocycles. The lowest BCUT2D eigenvalue weighted by Gasteiger charge is -2.50. The second kappa shape index (κ2) is 14.3. The molecular formula is C52H37N3S. The van der Waals surface area contributed by atoms with Gasteiger partial charge >= 0.3 is 0 Å². The first-order valence-electron chi connectivity index (χ1n) is 18.9. The van der Waals surface area contributed by atoms with E-state index in [-0.39, 0.29) is 0 Å². The van der Waals surface area contributed by atoms with Gasteiger partial charge in [0.15, 0.2) is 5.82 Å². The van der Waals surface area contributed by atoms with Gasteiger partial charge in [0.05, 0.1) is 22.8 Å². The third kappa shape index (κ3) is 5.79. The summed E-state index contributed by atoms with van der Waals surface area (Å²) >= 11 is 0. The van der Waals surface area contributed by atoms with Crippen molar-refractivity contribution in [3.05, 3.63) is 224 Å². The van der Waals surface area contributed by atoms with Crippen LogP contribution in [0.4, 0.5) is 17.1 Å². The van der Waals surface area contributed by atoms with Gasteiger partial charge < -0.3 is 4.90 Å². The van der Waals surface area contributed by atoms with E-state index in [0.717, 1.165) is 44.9 Å². The molecule has 1 aromatic heterocycles. The molecule has 0 spiro atoms. The van der Waals surface area contributed by atoms with Crippen LogP contribution in [0.25, 0.3) is 45.0 Å². The molecule has 0 aliphatic carbocycles. The summed E-state index contributed by atoms with van der Waals surface area (Å²) in [5.74, 6) is 0.708. The lowest BCUT2D eigenvalue weighted by molar-refractivity contribution is 1.12. The number of fused-ring (bicyclic) bond motifs is 2. The Kier molecular flexibility index (Phi) is 8.59. The van der Waals surface area contributed by atoms with Gasteiger partial charge in [-0.25, -0.2) is 9.97 Å². The van der Waals surface area contributed by atoms with Crippen LogP contribution < -0.4 is 4.90 Å². The minimum absolute atomic E-state index is 0.708. The van der Waals surface area contributed by atoms with E-state index < -0.39 is 10.0 Å². The molecule has 0 atom stereocenters. The maximum Gasteiger partial charge on any atom is 0.160 e. The minimum Gasteiger partial charge on any atom is -0.308 e. The van der Waals surface area contributed by atoms with Gasteiger partial charge in [-0.3, -0.25) is 0 Å². The molecule has 2 heterocycles. The Morgan fingerprint density at radius 3 is 1.46 bits per heavy atom. The van der Waals surface area contributed by atoms with Crippen LogP contribution in [-0.4, -0.2) is 9.97 Å². The van der Waals surface area contributed by atoms with E-state index in [4.69, 9.17) is 9.97 Å². The zero-order valence-electron chi connectivity index (χ0n) is 30.6. The molecular weight excluding hydrogens is 699 g/mol. The van der Waals surface area contributed by atoms with Gasteiger partial charge in [-0.15, -0.1) is 10.0 Å². The number of anilines is 3. The highest BCUT2D eigenvalue weighted by atomic mass is 32.3. The zero-order chi connectivity index (χ0) is 37.3. The third-order valence-electron chi connectivity index (χ3n) is 10.5. The summed E-state index contributed by atoms with van der Waals surface area (Å²) in [6.45, 7) is 0. The maximum atomic E-state index is 5.16. The van der Waals surface area contributed by atoms with Crippen molar-refractivity contribution < 1.29 is 0 Å². The van der Waals surface area contributed by atoms with Crippen molar-refractivity contribution in [2.24, 2.45) is 0 Å². The molecule has 0 unspecified atom stereocenters. The fourth-order valence-electron chi connectivity index (χ4n) is 7.95. The van der Waals surface area contributed by atoms with Crippen molar-refractivity contribution >= 4 is 27.1 Å². The van der Waals surface area contributed by atoms with Crippen LogP contribution in [0.3, 0.4) is 0 Å². The van der Waals surface area contributed by atoms with E-state index in [1.54, 1.807) is 0 Å². The Morgan fingerprint density at radius 2 is 0.804 bits per heavy atom. The Balaban J connectivity index is 1.20. The van der Waals surface area contributed by atoms with E-state index in [9.17, 15) is 0 Å². The first-order valence-corrected chi connectivity index (χ1v) is 20.5. The summed E-state index contributed by atoms with van der Waals surface area (Å²) in [6.07, 6.45) is 0. The van der Waals surface area contributed by atoms with Crippen molar-refractivity contribution in [2.75, 3.05) is 4.90 Å². The van der Waals surface area contributed by atoms with Crippen molar-refractivity contribution in [1.29, 1.82) is 0 Å². The molecule has 0 fully saturated rings. The smallest absolute Gasteiger partial charge is 0.160 e. The summed E-state index contributed by atoms with van der Waals surface area (Å²) in [5.41, 5.74) is 10.7. The molecule has 4 heteroatoms. The Morgan fingerprint density at radius 1 is 0.321 bits per heavy atom. The predicted octanol–water partition coefficient (Wildman–Crippen LogP) is 14.3. The first kappa shape index (κ1) is 33.6. The highest BCUT2D eigenvalue weighted by Gasteiger charge is 2.42. The Hall–Kier alpha value is -7.01. The molecule has 56 heavy (non-hydrogen) atoms. The van der Waals surface area contributed by atoms with Gasteiger partial charge in [0.25, 0.3) is 0 Å². The monoisotopic (exact) mass is 735 g/mol. The average molecular weight is 736 g/mol. The van der Waals surface area contributed by atoms with E-state index in [0.29, 0.717) is 5.82 Å². The summed E-state index contributed by atoms with van der Waals surface area (Å²) in [4.78, 5) is 17.9. The van der Waals surface area contributed by atoms with Gasteiger partial charge in [0.2, 0.25) is 0 Å². The number of para-hydroxylation sites is 2. The highest BCUT2D eigenvalue weighted by Crippen LogP contribution is 2.79. The van der Waals surface area contributed by atoms with Gasteiger partial charge in [0, 0.05) is 42.0 Å². The Labute approximate surface area is 329 Å². The number of nitrogens with zero attached hydrogens (tertiary/aromatic N) is 3. The second-order valence-corrected chi connectivity index (χ2v) is 16.9. The fraction of sp³-hybridized carbons (Fsp3) is 0. The van der Waals surface area contributed by atoms with Gasteiger partial charge in [-0.2, -0.15) is 0 Å². The predicted molar refractivity (Wildman–Crippen MR) is 232 cm³/mol. The van der Waals surface area contributed by atoms with E-state index in [1.165, 1.54) is 31.0 Å². The topological polar surface area (TPSA) is 29.0 Å². The third-order valence-corrected chi connectivity index (χ3v) is 14.4. The lowest BCUT2D eigenvalue weighted by Crippen LogP contribution is -2.21. The molecule has 3 nitrogen and oxygen atoms in total. The van der Waals surface area contributed by atoms with Crippen LogP contribution in [-0.2, 0) is 0 Å². The molecule has 0 amide bonds. The van der Waals surface area contributed by atoms with Crippen molar-refractivity contribution in [2.45, 2.75) is 19.6 Å². The standard InChI is InChI=1S/C52H37N3S/c1-6-19-38(20-7-1)46-37-47(54-52(53-46)39-21-8-2-9-22-39)42-24-18-23-40(35-42)41-33-34-49-51(36-41)56(44-27-12-4-13-28-44,45-29-14-5-15-30-45)50-32-17-16-31-48(50)55(49)43-25-10-3-11-26-43/h1-37H. The largest absolute Gasteiger partial charge is 0.308 e. The quantitative estimate of drug-likeness (QED) is 0.163. The normalized spacial score (nSPS) is 13.3. The maximum absolute atomic E-state index is 5.16. The molecule has 0 bridgehead atoms. The average Bonchev–Trinajstić information content (AvgIpc) is 3.29. The molecule has 8 aromatic carbocycles. The number of hydrogen-bond donors (Lipinski definition) is 0. The second-order valence-electron chi connectivity index (χ2n) is 13.8. The first-order chi connectivity index (χ1) is 27.8. The van der Waals surface area contributed by atoms with E-state index >= 15 is 0 Å². The summed E-state index contributed by atoms with van der Waals surface area (Å²) in [6, 6.07) is 80.6. The van der Waals surface area contributed by atoms with Crippen molar-refractivity contribution in [3.63, 3.8) is 0 Å². The summed E-state index contributed by atoms with van der Waals surface area (Å²) in [5, 5.41) is 0. The zero-order valence-corrected chi connectivity index (χ0v) is 31.4. The van der Waals surface area contributed by atoms with Gasteiger partial charge in [-0.1, -0.05) is 152 Å². The van der Waals surface area contributed by atoms with E-state index in [1.807, 2.05) is 24.3 Å². The van der Waals surface area contributed by atoms with Crippen LogP contribution in [0.5, 0.6) is 0 Å². The van der Waals surface area contributed by atoms with Crippen LogP contribution >= 0.6 is 10.0 Å². The SMILES string of the molecule is c1ccc(-c2cc(-c3cccc(-c4ccc5c(c4)S(c4ccccc4)(c4ccccc4)c4ccccc4N5c4ccccc4)c3)nc(-c3ccccc3)n2)cc1. The highest BCUT2D eigenvalue weighted by molar-refractivity contribution is 8.34. The van der Waals surface area contributed by atoms with Gasteiger partial charge in [0.1, 0.15) is 0 Å². The number of hydrogen-bond acceptors (Lipinski definition) is 3. The van der Waals surface area contributed by atoms with Crippen LogP contribution in [0.1, 0.15) is 0 Å². The minimum atomic E-state index is -1.94. The Bertz CT molecular complexity index is 2690. The lowest BCUT2D eigenvalue weighted by atomic mass is 10.00. The fourth-order valence-corrected chi connectivity index (χ4v) is 12.1. The van der Waals surface area contributed by atoms with E-state index in [2.05, 4.69) is 205 Å². The molecule has 0 saturated carbocycles. The van der Waals surface area contributed by atoms with Crippen molar-refractivity contribution in [3.8, 4) is 45.0 Å². The van der Waals surface area contributed by atoms with Crippen LogP contribution in [0.15, 0.2) is 244 Å². The molecule has 0 saturated heterocycles. The molecule has 0 N–H and O–H groups in total. The number of aromatic nitrogens is 2.